The zero-order chi connectivity index (χ0) is 22.0. The predicted octanol–water partition coefficient (Wildman–Crippen LogP) is 3.05. The fourth-order valence-electron chi connectivity index (χ4n) is 3.76. The summed E-state index contributed by atoms with van der Waals surface area (Å²) in [4.78, 5) is 31.4. The number of benzene rings is 1. The van der Waals surface area contributed by atoms with Crippen LogP contribution in [-0.4, -0.2) is 52.7 Å². The number of likely N-dealkylation sites (tertiary alicyclic amines) is 1. The Hall–Kier alpha value is -3.39. The van der Waals surface area contributed by atoms with E-state index in [2.05, 4.69) is 4.98 Å². The van der Waals surface area contributed by atoms with E-state index in [1.807, 2.05) is 13.8 Å². The van der Waals surface area contributed by atoms with Gasteiger partial charge in [0.15, 0.2) is 11.5 Å². The minimum absolute atomic E-state index is 0.0415. The molecular weight excluding hydrogens is 400 g/mol. The van der Waals surface area contributed by atoms with Crippen LogP contribution in [-0.2, 0) is 14.3 Å². The molecule has 2 aliphatic heterocycles. The Labute approximate surface area is 180 Å². The second-order valence-corrected chi connectivity index (χ2v) is 7.61. The summed E-state index contributed by atoms with van der Waals surface area (Å²) in [6.07, 6.45) is 3.84. The number of rotatable bonds is 7. The Morgan fingerprint density at radius 1 is 1.19 bits per heavy atom. The molecule has 2 aromatic rings. The Morgan fingerprint density at radius 2 is 1.94 bits per heavy atom. The van der Waals surface area contributed by atoms with Gasteiger partial charge in [-0.25, -0.2) is 0 Å². The number of ketones is 1. The van der Waals surface area contributed by atoms with E-state index in [4.69, 9.17) is 14.2 Å². The highest BCUT2D eigenvalue weighted by Gasteiger charge is 2.45. The Kier molecular flexibility index (Phi) is 5.90. The average Bonchev–Trinajstić information content (AvgIpc) is 3.34. The predicted molar refractivity (Wildman–Crippen MR) is 112 cm³/mol. The smallest absolute Gasteiger partial charge is 0.295 e. The van der Waals surface area contributed by atoms with Crippen molar-refractivity contribution in [3.63, 3.8) is 0 Å². The van der Waals surface area contributed by atoms with Gasteiger partial charge in [-0.05, 0) is 56.2 Å². The van der Waals surface area contributed by atoms with Gasteiger partial charge >= 0.3 is 0 Å². The molecule has 0 aliphatic carbocycles. The number of nitrogens with zero attached hydrogens (tertiary/aromatic N) is 2. The van der Waals surface area contributed by atoms with E-state index in [9.17, 15) is 14.7 Å². The molecule has 0 radical (unpaired) electrons. The lowest BCUT2D eigenvalue weighted by molar-refractivity contribution is -0.140. The Morgan fingerprint density at radius 3 is 2.68 bits per heavy atom. The number of carbonyl (C=O) groups excluding carboxylic acids is 2. The standard InChI is InChI=1S/C23H24N2O6/c1-14(2)29-11-3-10-25-20(15-6-8-24-9-7-15)19(22(27)23(25)28)21(26)16-4-5-17-18(12-16)31-13-30-17/h4-9,12,14,20,26H,3,10-11,13H2,1-2H3/b21-19-. The SMILES string of the molecule is CC(C)OCCCN1C(=O)C(=O)/C(=C(\O)c2ccc3c(c2)OCO3)C1c1ccncc1. The van der Waals surface area contributed by atoms with Crippen molar-refractivity contribution in [2.75, 3.05) is 19.9 Å². The number of aliphatic hydroxyl groups excluding tert-OH is 1. The number of aromatic nitrogens is 1. The molecule has 1 aromatic heterocycles. The van der Waals surface area contributed by atoms with Crippen molar-refractivity contribution in [2.45, 2.75) is 32.4 Å². The van der Waals surface area contributed by atoms with Crippen LogP contribution in [0.15, 0.2) is 48.3 Å². The highest BCUT2D eigenvalue weighted by molar-refractivity contribution is 6.46. The molecule has 0 spiro atoms. The first-order chi connectivity index (χ1) is 15.0. The zero-order valence-corrected chi connectivity index (χ0v) is 17.4. The molecule has 162 valence electrons. The number of pyridine rings is 1. The van der Waals surface area contributed by atoms with Gasteiger partial charge in [-0.3, -0.25) is 14.6 Å². The first-order valence-electron chi connectivity index (χ1n) is 10.2. The van der Waals surface area contributed by atoms with Crippen molar-refractivity contribution in [3.05, 3.63) is 59.4 Å². The number of amides is 1. The van der Waals surface area contributed by atoms with Gasteiger partial charge in [0.25, 0.3) is 11.7 Å². The number of fused-ring (bicyclic) bond motifs is 1. The van der Waals surface area contributed by atoms with Crippen molar-refractivity contribution in [3.8, 4) is 11.5 Å². The molecule has 31 heavy (non-hydrogen) atoms. The first kappa shape index (κ1) is 20.9. The van der Waals surface area contributed by atoms with Crippen LogP contribution in [0.3, 0.4) is 0 Å². The van der Waals surface area contributed by atoms with E-state index in [1.165, 1.54) is 4.90 Å². The monoisotopic (exact) mass is 424 g/mol. The third-order valence-corrected chi connectivity index (χ3v) is 5.20. The maximum absolute atomic E-state index is 13.0. The van der Waals surface area contributed by atoms with Crippen molar-refractivity contribution in [1.29, 1.82) is 0 Å². The van der Waals surface area contributed by atoms with E-state index < -0.39 is 17.7 Å². The molecule has 1 fully saturated rings. The minimum Gasteiger partial charge on any atom is -0.507 e. The van der Waals surface area contributed by atoms with Crippen LogP contribution in [0, 0.1) is 0 Å². The molecule has 1 amide bonds. The van der Waals surface area contributed by atoms with Gasteiger partial charge in [-0.1, -0.05) is 0 Å². The maximum atomic E-state index is 13.0. The number of hydrogen-bond acceptors (Lipinski definition) is 7. The summed E-state index contributed by atoms with van der Waals surface area (Å²) in [5.74, 6) is -0.577. The highest BCUT2D eigenvalue weighted by atomic mass is 16.7. The third-order valence-electron chi connectivity index (χ3n) is 5.20. The lowest BCUT2D eigenvalue weighted by Crippen LogP contribution is -2.31. The summed E-state index contributed by atoms with van der Waals surface area (Å²) in [5, 5.41) is 11.1. The maximum Gasteiger partial charge on any atom is 0.295 e. The minimum atomic E-state index is -0.721. The Balaban J connectivity index is 1.72. The lowest BCUT2D eigenvalue weighted by Gasteiger charge is -2.25. The average molecular weight is 424 g/mol. The molecular formula is C23H24N2O6. The molecule has 1 unspecified atom stereocenters. The summed E-state index contributed by atoms with van der Waals surface area (Å²) in [5.41, 5.74) is 1.12. The molecule has 1 aromatic carbocycles. The highest BCUT2D eigenvalue weighted by Crippen LogP contribution is 2.41. The van der Waals surface area contributed by atoms with Crippen molar-refractivity contribution in [2.24, 2.45) is 0 Å². The van der Waals surface area contributed by atoms with Gasteiger partial charge in [0, 0.05) is 31.1 Å². The largest absolute Gasteiger partial charge is 0.507 e. The van der Waals surface area contributed by atoms with Crippen molar-refractivity contribution in [1.82, 2.24) is 9.88 Å². The molecule has 3 heterocycles. The fourth-order valence-corrected chi connectivity index (χ4v) is 3.76. The number of Topliss-reactive ketones (excluding diaryl/α,β-unsaturated/α-hetero) is 1. The summed E-state index contributed by atoms with van der Waals surface area (Å²) >= 11 is 0. The molecule has 0 bridgehead atoms. The van der Waals surface area contributed by atoms with Crippen molar-refractivity contribution >= 4 is 17.4 Å². The van der Waals surface area contributed by atoms with Crippen molar-refractivity contribution < 1.29 is 28.9 Å². The van der Waals surface area contributed by atoms with Gasteiger partial charge in [-0.2, -0.15) is 0 Å². The van der Waals surface area contributed by atoms with Gasteiger partial charge < -0.3 is 24.2 Å². The number of carbonyl (C=O) groups is 2. The molecule has 0 saturated carbocycles. The quantitative estimate of drug-likeness (QED) is 0.316. The summed E-state index contributed by atoms with van der Waals surface area (Å²) in [6.45, 7) is 4.76. The normalized spacial score (nSPS) is 19.5. The van der Waals surface area contributed by atoms with Gasteiger partial charge in [-0.15, -0.1) is 0 Å². The molecule has 1 N–H and O–H groups in total. The lowest BCUT2D eigenvalue weighted by atomic mass is 9.96. The van der Waals surface area contributed by atoms with E-state index in [0.29, 0.717) is 42.2 Å². The molecule has 1 saturated heterocycles. The van der Waals surface area contributed by atoms with Gasteiger partial charge in [0.1, 0.15) is 5.76 Å². The van der Waals surface area contributed by atoms with Crippen LogP contribution in [0.5, 0.6) is 11.5 Å². The van der Waals surface area contributed by atoms with Crippen LogP contribution >= 0.6 is 0 Å². The summed E-state index contributed by atoms with van der Waals surface area (Å²) in [7, 11) is 0. The van der Waals surface area contributed by atoms with Crippen LogP contribution < -0.4 is 9.47 Å². The van der Waals surface area contributed by atoms with Crippen LogP contribution in [0.25, 0.3) is 5.76 Å². The number of ether oxygens (including phenoxy) is 3. The van der Waals surface area contributed by atoms with E-state index in [-0.39, 0.29) is 24.2 Å². The van der Waals surface area contributed by atoms with Gasteiger partial charge in [0.2, 0.25) is 6.79 Å². The number of aliphatic hydroxyl groups is 1. The summed E-state index contributed by atoms with van der Waals surface area (Å²) in [6, 6.07) is 7.66. The summed E-state index contributed by atoms with van der Waals surface area (Å²) < 4.78 is 16.3. The second kappa shape index (κ2) is 8.77. The van der Waals surface area contributed by atoms with E-state index in [1.54, 1.807) is 42.7 Å². The molecule has 2 aliphatic rings. The van der Waals surface area contributed by atoms with Crippen LogP contribution in [0.4, 0.5) is 0 Å². The molecule has 8 nitrogen and oxygen atoms in total. The fraction of sp³-hybridized carbons (Fsp3) is 0.348. The zero-order valence-electron chi connectivity index (χ0n) is 17.4. The number of hydrogen-bond donors (Lipinski definition) is 1. The first-order valence-corrected chi connectivity index (χ1v) is 10.2. The second-order valence-electron chi connectivity index (χ2n) is 7.61. The van der Waals surface area contributed by atoms with E-state index >= 15 is 0 Å². The molecule has 4 rings (SSSR count). The van der Waals surface area contributed by atoms with Gasteiger partial charge in [0.05, 0.1) is 17.7 Å². The van der Waals surface area contributed by atoms with Crippen LogP contribution in [0.1, 0.15) is 37.4 Å². The molecule has 8 heteroatoms. The Bertz CT molecular complexity index is 1020. The van der Waals surface area contributed by atoms with E-state index in [0.717, 1.165) is 0 Å². The topological polar surface area (TPSA) is 98.2 Å². The van der Waals surface area contributed by atoms with Crippen LogP contribution in [0.2, 0.25) is 0 Å². The molecule has 1 atom stereocenters. The third kappa shape index (κ3) is 4.11.